The normalized spacial score (nSPS) is 12.9. The monoisotopic (exact) mass is 466 g/mol. The second kappa shape index (κ2) is 9.96. The summed E-state index contributed by atoms with van der Waals surface area (Å²) in [6.07, 6.45) is -0.637. The Bertz CT molecular complexity index is 1080. The molecule has 1 aliphatic carbocycles. The summed E-state index contributed by atoms with van der Waals surface area (Å²) in [6, 6.07) is 35.4. The topological polar surface area (TPSA) is 20.2 Å². The predicted octanol–water partition coefficient (Wildman–Crippen LogP) is 7.31. The number of hydrogen-bond donors (Lipinski definition) is 1. The SMILES string of the molecule is OC(c1ccccc1)c1ccccc1C1c2ccccc2-c2ccccc21.[Cl][Ti][Cl]. The number of hydrogen-bond acceptors (Lipinski definition) is 1. The Hall–Kier alpha value is -1.87. The van der Waals surface area contributed by atoms with Gasteiger partial charge in [0.1, 0.15) is 6.10 Å². The van der Waals surface area contributed by atoms with E-state index in [9.17, 15) is 5.11 Å². The van der Waals surface area contributed by atoms with Gasteiger partial charge in [-0.15, -0.1) is 0 Å². The third-order valence-corrected chi connectivity index (χ3v) is 5.55. The average molecular weight is 467 g/mol. The molecule has 0 radical (unpaired) electrons. The third-order valence-electron chi connectivity index (χ3n) is 5.55. The molecule has 4 aromatic carbocycles. The van der Waals surface area contributed by atoms with Crippen molar-refractivity contribution in [3.8, 4) is 11.1 Å². The minimum atomic E-state index is -0.637. The Morgan fingerprint density at radius 1 is 0.600 bits per heavy atom. The Labute approximate surface area is 194 Å². The molecule has 0 bridgehead atoms. The van der Waals surface area contributed by atoms with Crippen LogP contribution in [0.3, 0.4) is 0 Å². The van der Waals surface area contributed by atoms with Crippen LogP contribution in [0.1, 0.15) is 39.8 Å². The molecule has 1 N–H and O–H groups in total. The van der Waals surface area contributed by atoms with E-state index in [1.54, 1.807) is 0 Å². The Balaban J connectivity index is 0.000000687. The number of aliphatic hydroxyl groups is 1. The van der Waals surface area contributed by atoms with E-state index >= 15 is 0 Å². The molecule has 30 heavy (non-hydrogen) atoms. The van der Waals surface area contributed by atoms with Gasteiger partial charge in [0.05, 0.1) is 0 Å². The summed E-state index contributed by atoms with van der Waals surface area (Å²) in [5.74, 6) is 0.145. The molecule has 0 saturated heterocycles. The van der Waals surface area contributed by atoms with Gasteiger partial charge in [0, 0.05) is 5.92 Å². The molecule has 0 spiro atoms. The van der Waals surface area contributed by atoms with Crippen LogP contribution in [0.15, 0.2) is 103 Å². The first-order valence-corrected chi connectivity index (χ1v) is 14.0. The van der Waals surface area contributed by atoms with Crippen LogP contribution in [-0.2, 0) is 17.0 Å². The van der Waals surface area contributed by atoms with Crippen LogP contribution in [0, 0.1) is 0 Å². The maximum atomic E-state index is 11.1. The Morgan fingerprint density at radius 3 is 1.60 bits per heavy atom. The van der Waals surface area contributed by atoms with Crippen molar-refractivity contribution in [1.82, 2.24) is 0 Å². The maximum absolute atomic E-state index is 11.1. The molecule has 0 fully saturated rings. The van der Waals surface area contributed by atoms with Crippen molar-refractivity contribution in [2.24, 2.45) is 0 Å². The Kier molecular flexibility index (Phi) is 7.10. The molecule has 4 heteroatoms. The summed E-state index contributed by atoms with van der Waals surface area (Å²) in [5.41, 5.74) is 8.28. The van der Waals surface area contributed by atoms with Crippen LogP contribution in [0.2, 0.25) is 0 Å². The van der Waals surface area contributed by atoms with Crippen LogP contribution >= 0.6 is 18.6 Å². The number of aliphatic hydroxyl groups excluding tert-OH is 1. The number of benzene rings is 4. The van der Waals surface area contributed by atoms with Crippen molar-refractivity contribution in [3.05, 3.63) is 131 Å². The summed E-state index contributed by atoms with van der Waals surface area (Å²) < 4.78 is 0. The summed E-state index contributed by atoms with van der Waals surface area (Å²) in [7, 11) is 9.78. The van der Waals surface area contributed by atoms with Gasteiger partial charge in [0.2, 0.25) is 0 Å². The number of halogens is 2. The van der Waals surface area contributed by atoms with E-state index < -0.39 is 23.1 Å². The van der Waals surface area contributed by atoms with Gasteiger partial charge in [-0.2, -0.15) is 0 Å². The van der Waals surface area contributed by atoms with Gasteiger partial charge < -0.3 is 5.11 Å². The molecular formula is C26H20Cl2OTi. The zero-order chi connectivity index (χ0) is 20.9. The van der Waals surface area contributed by atoms with E-state index in [0.29, 0.717) is 0 Å². The van der Waals surface area contributed by atoms with Gasteiger partial charge in [0.25, 0.3) is 0 Å². The third kappa shape index (κ3) is 4.14. The predicted molar refractivity (Wildman–Crippen MR) is 121 cm³/mol. The van der Waals surface area contributed by atoms with Gasteiger partial charge in [-0.1, -0.05) is 103 Å². The summed E-state index contributed by atoms with van der Waals surface area (Å²) >= 11 is -0.556. The molecule has 4 aromatic rings. The fourth-order valence-electron chi connectivity index (χ4n) is 4.33. The first-order valence-electron chi connectivity index (χ1n) is 9.72. The summed E-state index contributed by atoms with van der Waals surface area (Å²) in [4.78, 5) is 0. The van der Waals surface area contributed by atoms with E-state index in [0.717, 1.165) is 11.1 Å². The molecule has 0 aromatic heterocycles. The minimum absolute atomic E-state index is 0.145. The van der Waals surface area contributed by atoms with E-state index in [-0.39, 0.29) is 5.92 Å². The van der Waals surface area contributed by atoms with Gasteiger partial charge >= 0.3 is 35.6 Å². The zero-order valence-electron chi connectivity index (χ0n) is 16.2. The first kappa shape index (κ1) is 21.4. The van der Waals surface area contributed by atoms with Crippen LogP contribution < -0.4 is 0 Å². The zero-order valence-corrected chi connectivity index (χ0v) is 19.2. The quantitative estimate of drug-likeness (QED) is 0.276. The first-order chi connectivity index (χ1) is 14.8. The van der Waals surface area contributed by atoms with Crippen molar-refractivity contribution in [2.45, 2.75) is 12.0 Å². The summed E-state index contributed by atoms with van der Waals surface area (Å²) in [6.45, 7) is 0. The molecule has 1 atom stereocenters. The van der Waals surface area contributed by atoms with Crippen molar-refractivity contribution in [3.63, 3.8) is 0 Å². The molecule has 1 unspecified atom stereocenters. The van der Waals surface area contributed by atoms with Crippen molar-refractivity contribution < 1.29 is 22.1 Å². The molecule has 0 amide bonds. The van der Waals surface area contributed by atoms with Crippen molar-refractivity contribution in [1.29, 1.82) is 0 Å². The van der Waals surface area contributed by atoms with Gasteiger partial charge in [-0.05, 0) is 38.9 Å². The second-order valence-corrected chi connectivity index (χ2v) is 9.70. The molecule has 1 nitrogen and oxygen atoms in total. The van der Waals surface area contributed by atoms with Gasteiger partial charge in [0.15, 0.2) is 0 Å². The van der Waals surface area contributed by atoms with Crippen molar-refractivity contribution in [2.75, 3.05) is 0 Å². The average Bonchev–Trinajstić information content (AvgIpc) is 3.14. The van der Waals surface area contributed by atoms with E-state index in [1.165, 1.54) is 27.8 Å². The fraction of sp³-hybridized carbons (Fsp3) is 0.0769. The van der Waals surface area contributed by atoms with Crippen molar-refractivity contribution >= 4 is 18.6 Å². The molecule has 148 valence electrons. The van der Waals surface area contributed by atoms with Gasteiger partial charge in [-0.25, -0.2) is 0 Å². The van der Waals surface area contributed by atoms with Crippen LogP contribution in [-0.4, -0.2) is 5.11 Å². The standard InChI is InChI=1S/C26H20O.2ClH.Ti/c27-26(18-10-2-1-3-11-18)24-17-9-8-16-23(24)25-21-14-6-4-12-19(21)20-13-5-7-15-22(20)25;;;/h1-17,25-27H;2*1H;/q;;;+2/p-2. The molecule has 0 heterocycles. The van der Waals surface area contributed by atoms with Crippen LogP contribution in [0.4, 0.5) is 0 Å². The Morgan fingerprint density at radius 2 is 1.03 bits per heavy atom. The molecule has 1 aliphatic rings. The molecule has 0 saturated carbocycles. The number of rotatable bonds is 3. The molecule has 0 aliphatic heterocycles. The van der Waals surface area contributed by atoms with E-state index in [2.05, 4.69) is 66.7 Å². The second-order valence-electron chi connectivity index (χ2n) is 7.12. The van der Waals surface area contributed by atoms with Crippen LogP contribution in [0.5, 0.6) is 0 Å². The van der Waals surface area contributed by atoms with Gasteiger partial charge in [-0.3, -0.25) is 0 Å². The van der Waals surface area contributed by atoms with Crippen LogP contribution in [0.25, 0.3) is 11.1 Å². The summed E-state index contributed by atoms with van der Waals surface area (Å²) in [5, 5.41) is 11.1. The molecule has 5 rings (SSSR count). The molecular weight excluding hydrogens is 447 g/mol. The number of fused-ring (bicyclic) bond motifs is 3. The van der Waals surface area contributed by atoms with E-state index in [1.807, 2.05) is 36.4 Å². The fourth-order valence-corrected chi connectivity index (χ4v) is 4.33. The van der Waals surface area contributed by atoms with E-state index in [4.69, 9.17) is 18.6 Å².